The van der Waals surface area contributed by atoms with Gasteiger partial charge in [0.05, 0.1) is 6.61 Å². The fraction of sp³-hybridized carbons (Fsp3) is 0.917. The predicted molar refractivity (Wildman–Crippen MR) is 62.3 cm³/mol. The number of rotatable bonds is 6. The second-order valence-electron chi connectivity index (χ2n) is 4.46. The lowest BCUT2D eigenvalue weighted by Gasteiger charge is -2.32. The molecule has 0 aromatic carbocycles. The van der Waals surface area contributed by atoms with Gasteiger partial charge >= 0.3 is 5.97 Å². The molecular weight excluding hydrogens is 206 g/mol. The third kappa shape index (κ3) is 4.10. The van der Waals surface area contributed by atoms with E-state index in [1.54, 1.807) is 0 Å². The summed E-state index contributed by atoms with van der Waals surface area (Å²) < 4.78 is 10.5. The molecule has 1 N–H and O–H groups in total. The molecule has 1 rings (SSSR count). The van der Waals surface area contributed by atoms with Crippen molar-refractivity contribution in [2.45, 2.75) is 45.1 Å². The summed E-state index contributed by atoms with van der Waals surface area (Å²) in [5.41, 5.74) is -0.483. The SMILES string of the molecule is CCCOCCOC(=O)C1(C)CCCCN1. The van der Waals surface area contributed by atoms with Gasteiger partial charge in [-0.15, -0.1) is 0 Å². The van der Waals surface area contributed by atoms with E-state index < -0.39 is 5.54 Å². The molecule has 0 aromatic heterocycles. The van der Waals surface area contributed by atoms with Crippen molar-refractivity contribution in [2.24, 2.45) is 0 Å². The van der Waals surface area contributed by atoms with E-state index in [1.807, 2.05) is 6.92 Å². The van der Waals surface area contributed by atoms with Crippen molar-refractivity contribution >= 4 is 5.97 Å². The van der Waals surface area contributed by atoms with E-state index in [0.29, 0.717) is 13.2 Å². The lowest BCUT2D eigenvalue weighted by Crippen LogP contribution is -2.53. The molecule has 1 aliphatic heterocycles. The highest BCUT2D eigenvalue weighted by Gasteiger charge is 2.35. The Morgan fingerprint density at radius 2 is 2.12 bits per heavy atom. The van der Waals surface area contributed by atoms with E-state index in [1.165, 1.54) is 0 Å². The number of hydrogen-bond donors (Lipinski definition) is 1. The van der Waals surface area contributed by atoms with Crippen molar-refractivity contribution < 1.29 is 14.3 Å². The maximum absolute atomic E-state index is 11.8. The number of piperidine rings is 1. The Morgan fingerprint density at radius 3 is 2.75 bits per heavy atom. The molecule has 94 valence electrons. The summed E-state index contributed by atoms with van der Waals surface area (Å²) in [6.45, 7) is 6.46. The zero-order chi connectivity index (χ0) is 11.9. The van der Waals surface area contributed by atoms with Crippen LogP contribution in [-0.4, -0.2) is 37.9 Å². The van der Waals surface area contributed by atoms with Crippen molar-refractivity contribution in [1.82, 2.24) is 5.32 Å². The van der Waals surface area contributed by atoms with Crippen molar-refractivity contribution in [3.8, 4) is 0 Å². The number of ether oxygens (including phenoxy) is 2. The summed E-state index contributed by atoms with van der Waals surface area (Å²) >= 11 is 0. The van der Waals surface area contributed by atoms with Gasteiger partial charge in [-0.3, -0.25) is 4.79 Å². The first-order valence-corrected chi connectivity index (χ1v) is 6.19. The van der Waals surface area contributed by atoms with Crippen LogP contribution in [0, 0.1) is 0 Å². The number of nitrogens with one attached hydrogen (secondary N) is 1. The second-order valence-corrected chi connectivity index (χ2v) is 4.46. The molecule has 4 nitrogen and oxygen atoms in total. The zero-order valence-electron chi connectivity index (χ0n) is 10.4. The fourth-order valence-corrected chi connectivity index (χ4v) is 1.83. The smallest absolute Gasteiger partial charge is 0.326 e. The van der Waals surface area contributed by atoms with Gasteiger partial charge in [-0.2, -0.15) is 0 Å². The Labute approximate surface area is 97.7 Å². The molecule has 1 saturated heterocycles. The van der Waals surface area contributed by atoms with E-state index in [2.05, 4.69) is 12.2 Å². The van der Waals surface area contributed by atoms with Gasteiger partial charge in [0.25, 0.3) is 0 Å². The lowest BCUT2D eigenvalue weighted by atomic mass is 9.91. The Kier molecular flexibility index (Phi) is 5.77. The van der Waals surface area contributed by atoms with E-state index in [9.17, 15) is 4.79 Å². The third-order valence-electron chi connectivity index (χ3n) is 2.88. The van der Waals surface area contributed by atoms with Gasteiger partial charge in [0.15, 0.2) is 0 Å². The number of esters is 1. The molecule has 1 aliphatic rings. The second kappa shape index (κ2) is 6.86. The molecule has 0 aliphatic carbocycles. The van der Waals surface area contributed by atoms with Gasteiger partial charge in [0, 0.05) is 6.61 Å². The molecule has 4 heteroatoms. The van der Waals surface area contributed by atoms with Crippen LogP contribution in [0.15, 0.2) is 0 Å². The van der Waals surface area contributed by atoms with Gasteiger partial charge in [-0.25, -0.2) is 0 Å². The van der Waals surface area contributed by atoms with Crippen molar-refractivity contribution in [3.05, 3.63) is 0 Å². The Bertz CT molecular complexity index is 212. The Balaban J connectivity index is 2.18. The van der Waals surface area contributed by atoms with Crippen LogP contribution in [0.5, 0.6) is 0 Å². The molecule has 0 amide bonds. The van der Waals surface area contributed by atoms with Gasteiger partial charge in [0.1, 0.15) is 12.1 Å². The van der Waals surface area contributed by atoms with Gasteiger partial charge in [-0.05, 0) is 39.2 Å². The number of carbonyl (C=O) groups is 1. The van der Waals surface area contributed by atoms with E-state index in [-0.39, 0.29) is 5.97 Å². The average Bonchev–Trinajstić information content (AvgIpc) is 2.29. The quantitative estimate of drug-likeness (QED) is 0.554. The summed E-state index contributed by atoms with van der Waals surface area (Å²) in [5, 5.41) is 3.23. The molecule has 0 radical (unpaired) electrons. The highest BCUT2D eigenvalue weighted by Crippen LogP contribution is 2.19. The molecule has 0 aromatic rings. The van der Waals surface area contributed by atoms with Gasteiger partial charge < -0.3 is 14.8 Å². The van der Waals surface area contributed by atoms with Crippen LogP contribution in [0.1, 0.15) is 39.5 Å². The van der Waals surface area contributed by atoms with Crippen LogP contribution in [0.4, 0.5) is 0 Å². The van der Waals surface area contributed by atoms with Crippen LogP contribution in [0.2, 0.25) is 0 Å². The molecule has 0 bridgehead atoms. The van der Waals surface area contributed by atoms with Crippen molar-refractivity contribution in [2.75, 3.05) is 26.4 Å². The molecule has 1 heterocycles. The first kappa shape index (κ1) is 13.5. The summed E-state index contributed by atoms with van der Waals surface area (Å²) in [7, 11) is 0. The highest BCUT2D eigenvalue weighted by atomic mass is 16.6. The minimum Gasteiger partial charge on any atom is -0.462 e. The summed E-state index contributed by atoms with van der Waals surface area (Å²) in [6, 6.07) is 0. The minimum atomic E-state index is -0.483. The Hall–Kier alpha value is -0.610. The largest absolute Gasteiger partial charge is 0.462 e. The van der Waals surface area contributed by atoms with Crippen LogP contribution in [0.25, 0.3) is 0 Å². The molecule has 1 atom stereocenters. The van der Waals surface area contributed by atoms with E-state index in [4.69, 9.17) is 9.47 Å². The van der Waals surface area contributed by atoms with E-state index >= 15 is 0 Å². The maximum Gasteiger partial charge on any atom is 0.326 e. The molecular formula is C12H23NO3. The third-order valence-corrected chi connectivity index (χ3v) is 2.88. The summed E-state index contributed by atoms with van der Waals surface area (Å²) in [6.07, 6.45) is 4.09. The normalized spacial score (nSPS) is 25.4. The lowest BCUT2D eigenvalue weighted by molar-refractivity contribution is -0.153. The standard InChI is InChI=1S/C12H23NO3/c1-3-8-15-9-10-16-11(14)12(2)6-4-5-7-13-12/h13H,3-10H2,1-2H3. The first-order chi connectivity index (χ1) is 7.69. The molecule has 16 heavy (non-hydrogen) atoms. The van der Waals surface area contributed by atoms with Gasteiger partial charge in [0.2, 0.25) is 0 Å². The summed E-state index contributed by atoms with van der Waals surface area (Å²) in [4.78, 5) is 11.8. The molecule has 1 unspecified atom stereocenters. The Morgan fingerprint density at radius 1 is 1.31 bits per heavy atom. The number of hydrogen-bond acceptors (Lipinski definition) is 4. The van der Waals surface area contributed by atoms with Gasteiger partial charge in [-0.1, -0.05) is 6.92 Å². The maximum atomic E-state index is 11.8. The van der Waals surface area contributed by atoms with Crippen LogP contribution >= 0.6 is 0 Å². The average molecular weight is 229 g/mol. The topological polar surface area (TPSA) is 47.6 Å². The zero-order valence-corrected chi connectivity index (χ0v) is 10.4. The van der Waals surface area contributed by atoms with Crippen LogP contribution < -0.4 is 5.32 Å². The first-order valence-electron chi connectivity index (χ1n) is 6.19. The number of carbonyl (C=O) groups excluding carboxylic acids is 1. The molecule has 0 saturated carbocycles. The van der Waals surface area contributed by atoms with E-state index in [0.717, 1.165) is 38.8 Å². The highest BCUT2D eigenvalue weighted by molar-refractivity contribution is 5.80. The van der Waals surface area contributed by atoms with Crippen LogP contribution in [0.3, 0.4) is 0 Å². The monoisotopic (exact) mass is 229 g/mol. The summed E-state index contributed by atoms with van der Waals surface area (Å²) in [5.74, 6) is -0.146. The fourth-order valence-electron chi connectivity index (χ4n) is 1.83. The predicted octanol–water partition coefficient (Wildman–Crippen LogP) is 1.49. The molecule has 1 fully saturated rings. The van der Waals surface area contributed by atoms with Crippen LogP contribution in [-0.2, 0) is 14.3 Å². The minimum absolute atomic E-state index is 0.146. The molecule has 0 spiro atoms. The van der Waals surface area contributed by atoms with Crippen molar-refractivity contribution in [1.29, 1.82) is 0 Å². The van der Waals surface area contributed by atoms with Crippen molar-refractivity contribution in [3.63, 3.8) is 0 Å².